The molecule has 1 saturated heterocycles. The van der Waals surface area contributed by atoms with Crippen LogP contribution in [-0.2, 0) is 26.0 Å². The smallest absolute Gasteiger partial charge is 0.339 e. The van der Waals surface area contributed by atoms with E-state index in [0.29, 0.717) is 11.3 Å². The summed E-state index contributed by atoms with van der Waals surface area (Å²) in [6, 6.07) is 13.3. The monoisotopic (exact) mass is 444 g/mol. The van der Waals surface area contributed by atoms with Gasteiger partial charge in [0.2, 0.25) is 10.0 Å². The lowest BCUT2D eigenvalue weighted by atomic mass is 9.89. The SMILES string of the molecule is COc1ccc(S(=O)(=O)N2CCN(C(=O)C3(C)Cc4ccccc4C(=O)O3)CC2)cc1. The summed E-state index contributed by atoms with van der Waals surface area (Å²) in [4.78, 5) is 27.3. The molecule has 1 unspecified atom stereocenters. The zero-order valence-corrected chi connectivity index (χ0v) is 18.2. The summed E-state index contributed by atoms with van der Waals surface area (Å²) in [6.07, 6.45) is 0.290. The number of sulfonamides is 1. The van der Waals surface area contributed by atoms with Crippen LogP contribution < -0.4 is 4.74 Å². The molecule has 2 aromatic carbocycles. The first-order valence-corrected chi connectivity index (χ1v) is 11.4. The van der Waals surface area contributed by atoms with E-state index in [4.69, 9.17) is 9.47 Å². The second-order valence-electron chi connectivity index (χ2n) is 7.83. The average Bonchev–Trinajstić information content (AvgIpc) is 2.78. The predicted molar refractivity (Wildman–Crippen MR) is 112 cm³/mol. The van der Waals surface area contributed by atoms with Gasteiger partial charge in [0.05, 0.1) is 17.6 Å². The number of hydrogen-bond acceptors (Lipinski definition) is 6. The number of methoxy groups -OCH3 is 1. The first-order chi connectivity index (χ1) is 14.7. The van der Waals surface area contributed by atoms with Gasteiger partial charge in [-0.25, -0.2) is 13.2 Å². The Balaban J connectivity index is 1.45. The molecular weight excluding hydrogens is 420 g/mol. The summed E-state index contributed by atoms with van der Waals surface area (Å²) in [5, 5.41) is 0. The van der Waals surface area contributed by atoms with Gasteiger partial charge < -0.3 is 14.4 Å². The third-order valence-corrected chi connectivity index (χ3v) is 7.67. The topological polar surface area (TPSA) is 93.2 Å². The Labute approximate surface area is 181 Å². The fourth-order valence-electron chi connectivity index (χ4n) is 4.01. The van der Waals surface area contributed by atoms with E-state index in [-0.39, 0.29) is 43.4 Å². The molecule has 2 aliphatic rings. The third kappa shape index (κ3) is 3.90. The van der Waals surface area contributed by atoms with Crippen LogP contribution in [-0.4, -0.2) is 68.4 Å². The standard InChI is InChI=1S/C22H24N2O6S/c1-22(15-16-5-3-4-6-19(16)20(25)30-22)21(26)23-11-13-24(14-12-23)31(27,28)18-9-7-17(29-2)8-10-18/h3-10H,11-15H2,1-2H3. The van der Waals surface area contributed by atoms with E-state index in [1.165, 1.54) is 23.5 Å². The summed E-state index contributed by atoms with van der Waals surface area (Å²) >= 11 is 0. The number of nitrogens with zero attached hydrogens (tertiary/aromatic N) is 2. The second kappa shape index (κ2) is 7.97. The van der Waals surface area contributed by atoms with Gasteiger partial charge in [-0.05, 0) is 42.8 Å². The summed E-state index contributed by atoms with van der Waals surface area (Å²) in [5.41, 5.74) is -0.0545. The van der Waals surface area contributed by atoms with Crippen LogP contribution in [0.5, 0.6) is 5.75 Å². The fourth-order valence-corrected chi connectivity index (χ4v) is 5.44. The Bertz CT molecular complexity index is 1110. The Morgan fingerprint density at radius 3 is 2.32 bits per heavy atom. The molecule has 0 bridgehead atoms. The molecule has 0 aromatic heterocycles. The summed E-state index contributed by atoms with van der Waals surface area (Å²) in [5.74, 6) is -0.249. The summed E-state index contributed by atoms with van der Waals surface area (Å²) in [6.45, 7) is 2.40. The van der Waals surface area contributed by atoms with Gasteiger partial charge in [0.1, 0.15) is 5.75 Å². The van der Waals surface area contributed by atoms with Crippen LogP contribution in [0.25, 0.3) is 0 Å². The third-order valence-electron chi connectivity index (χ3n) is 5.76. The molecule has 4 rings (SSSR count). The van der Waals surface area contributed by atoms with E-state index in [1.807, 2.05) is 12.1 Å². The number of carbonyl (C=O) groups excluding carboxylic acids is 2. The average molecular weight is 445 g/mol. The maximum atomic E-state index is 13.2. The van der Waals surface area contributed by atoms with E-state index >= 15 is 0 Å². The maximum Gasteiger partial charge on any atom is 0.339 e. The van der Waals surface area contributed by atoms with Crippen LogP contribution in [0.3, 0.4) is 0 Å². The van der Waals surface area contributed by atoms with E-state index in [0.717, 1.165) is 5.56 Å². The lowest BCUT2D eigenvalue weighted by Gasteiger charge is -2.40. The van der Waals surface area contributed by atoms with Crippen LogP contribution in [0, 0.1) is 0 Å². The zero-order chi connectivity index (χ0) is 22.2. The zero-order valence-electron chi connectivity index (χ0n) is 17.4. The highest BCUT2D eigenvalue weighted by Gasteiger charge is 2.45. The number of hydrogen-bond donors (Lipinski definition) is 0. The number of carbonyl (C=O) groups is 2. The lowest BCUT2D eigenvalue weighted by molar-refractivity contribution is -0.152. The predicted octanol–water partition coefficient (Wildman–Crippen LogP) is 1.70. The molecule has 2 aliphatic heterocycles. The van der Waals surface area contributed by atoms with Crippen molar-refractivity contribution in [1.29, 1.82) is 0 Å². The number of amides is 1. The van der Waals surface area contributed by atoms with Crippen molar-refractivity contribution in [3.05, 3.63) is 59.7 Å². The first-order valence-electron chi connectivity index (χ1n) is 9.99. The molecule has 2 heterocycles. The van der Waals surface area contributed by atoms with E-state index in [9.17, 15) is 18.0 Å². The van der Waals surface area contributed by atoms with Gasteiger partial charge in [-0.15, -0.1) is 0 Å². The van der Waals surface area contributed by atoms with Crippen LogP contribution >= 0.6 is 0 Å². The molecule has 8 nitrogen and oxygen atoms in total. The number of esters is 1. The van der Waals surface area contributed by atoms with Gasteiger partial charge in [-0.3, -0.25) is 4.79 Å². The van der Waals surface area contributed by atoms with E-state index in [2.05, 4.69) is 0 Å². The highest BCUT2D eigenvalue weighted by molar-refractivity contribution is 7.89. The minimum absolute atomic E-state index is 0.167. The fraction of sp³-hybridized carbons (Fsp3) is 0.364. The largest absolute Gasteiger partial charge is 0.497 e. The lowest BCUT2D eigenvalue weighted by Crippen LogP contribution is -2.58. The van der Waals surface area contributed by atoms with Crippen molar-refractivity contribution in [2.45, 2.75) is 23.8 Å². The van der Waals surface area contributed by atoms with Crippen molar-refractivity contribution in [3.8, 4) is 5.75 Å². The molecule has 0 spiro atoms. The number of rotatable bonds is 4. The number of piperazine rings is 1. The minimum Gasteiger partial charge on any atom is -0.497 e. The van der Waals surface area contributed by atoms with Crippen LogP contribution in [0.15, 0.2) is 53.4 Å². The van der Waals surface area contributed by atoms with Crippen molar-refractivity contribution >= 4 is 21.9 Å². The highest BCUT2D eigenvalue weighted by atomic mass is 32.2. The Morgan fingerprint density at radius 2 is 1.68 bits per heavy atom. The molecule has 1 atom stereocenters. The Kier molecular flexibility index (Phi) is 5.49. The molecule has 0 aliphatic carbocycles. The molecule has 31 heavy (non-hydrogen) atoms. The molecule has 9 heteroatoms. The molecular formula is C22H24N2O6S. The number of benzene rings is 2. The van der Waals surface area contributed by atoms with Crippen LogP contribution in [0.1, 0.15) is 22.8 Å². The highest BCUT2D eigenvalue weighted by Crippen LogP contribution is 2.30. The van der Waals surface area contributed by atoms with Crippen LogP contribution in [0.4, 0.5) is 0 Å². The molecule has 0 radical (unpaired) electrons. The molecule has 1 amide bonds. The van der Waals surface area contributed by atoms with Crippen molar-refractivity contribution < 1.29 is 27.5 Å². The second-order valence-corrected chi connectivity index (χ2v) is 9.76. The normalized spacial score (nSPS) is 21.9. The molecule has 2 aromatic rings. The number of cyclic esters (lactones) is 1. The van der Waals surface area contributed by atoms with Crippen molar-refractivity contribution in [3.63, 3.8) is 0 Å². The summed E-state index contributed by atoms with van der Waals surface area (Å²) < 4.78 is 37.8. The maximum absolute atomic E-state index is 13.2. The van der Waals surface area contributed by atoms with Gasteiger partial charge in [0.15, 0.2) is 5.60 Å². The number of fused-ring (bicyclic) bond motifs is 1. The minimum atomic E-state index is -3.67. The van der Waals surface area contributed by atoms with Crippen LogP contribution in [0.2, 0.25) is 0 Å². The van der Waals surface area contributed by atoms with Crippen molar-refractivity contribution in [2.75, 3.05) is 33.3 Å². The van der Waals surface area contributed by atoms with Gasteiger partial charge in [-0.2, -0.15) is 4.31 Å². The molecule has 0 saturated carbocycles. The first kappa shape index (κ1) is 21.3. The van der Waals surface area contributed by atoms with Gasteiger partial charge >= 0.3 is 5.97 Å². The molecule has 1 fully saturated rings. The van der Waals surface area contributed by atoms with Crippen molar-refractivity contribution in [1.82, 2.24) is 9.21 Å². The Morgan fingerprint density at radius 1 is 1.03 bits per heavy atom. The van der Waals surface area contributed by atoms with Gasteiger partial charge in [-0.1, -0.05) is 18.2 Å². The van der Waals surface area contributed by atoms with Gasteiger partial charge in [0, 0.05) is 32.6 Å². The van der Waals surface area contributed by atoms with Gasteiger partial charge in [0.25, 0.3) is 5.91 Å². The number of ether oxygens (including phenoxy) is 2. The Hall–Kier alpha value is -2.91. The van der Waals surface area contributed by atoms with E-state index in [1.54, 1.807) is 36.1 Å². The quantitative estimate of drug-likeness (QED) is 0.667. The van der Waals surface area contributed by atoms with E-state index < -0.39 is 21.6 Å². The molecule has 164 valence electrons. The van der Waals surface area contributed by atoms with Crippen molar-refractivity contribution in [2.24, 2.45) is 0 Å². The summed E-state index contributed by atoms with van der Waals surface area (Å²) in [7, 11) is -2.15. The molecule has 0 N–H and O–H groups in total.